The van der Waals surface area contributed by atoms with Crippen LogP contribution in [0.25, 0.3) is 0 Å². The zero-order valence-electron chi connectivity index (χ0n) is 6.45. The fourth-order valence-corrected chi connectivity index (χ4v) is 0.894. The molecule has 1 aliphatic heterocycles. The third-order valence-electron chi connectivity index (χ3n) is 1.49. The Morgan fingerprint density at radius 3 is 3.09 bits per heavy atom. The summed E-state index contributed by atoms with van der Waals surface area (Å²) in [6, 6.07) is 0. The van der Waals surface area contributed by atoms with Gasteiger partial charge in [0.25, 0.3) is 0 Å². The molecule has 0 fully saturated rings. The van der Waals surface area contributed by atoms with E-state index in [4.69, 9.17) is 4.74 Å². The summed E-state index contributed by atoms with van der Waals surface area (Å²) in [6.45, 7) is 0.553. The lowest BCUT2D eigenvalue weighted by Gasteiger charge is -2.01. The van der Waals surface area contributed by atoms with Gasteiger partial charge in [0.1, 0.15) is 0 Å². The molecule has 1 heterocycles. The molecule has 1 aliphatic rings. The number of carbonyl (C=O) groups excluding carboxylic acids is 1. The van der Waals surface area contributed by atoms with Gasteiger partial charge >= 0.3 is 5.97 Å². The van der Waals surface area contributed by atoms with E-state index in [9.17, 15) is 4.79 Å². The third kappa shape index (κ3) is 3.61. The zero-order chi connectivity index (χ0) is 7.94. The van der Waals surface area contributed by atoms with Gasteiger partial charge in [0.2, 0.25) is 0 Å². The van der Waals surface area contributed by atoms with E-state index in [0.717, 1.165) is 19.3 Å². The van der Waals surface area contributed by atoms with Crippen LogP contribution in [0, 0.1) is 0 Å². The molecule has 0 amide bonds. The molecule has 1 rings (SSSR count). The molecule has 0 aromatic carbocycles. The van der Waals surface area contributed by atoms with Crippen molar-refractivity contribution in [3.63, 3.8) is 0 Å². The van der Waals surface area contributed by atoms with Crippen molar-refractivity contribution >= 4 is 5.97 Å². The van der Waals surface area contributed by atoms with Crippen LogP contribution in [0.5, 0.6) is 0 Å². The van der Waals surface area contributed by atoms with E-state index in [1.54, 1.807) is 6.08 Å². The molecule has 0 spiro atoms. The van der Waals surface area contributed by atoms with Gasteiger partial charge in [0, 0.05) is 6.08 Å². The molecular formula is C9H12O2. The quantitative estimate of drug-likeness (QED) is 0.495. The Bertz CT molecular complexity index is 180. The van der Waals surface area contributed by atoms with E-state index in [-0.39, 0.29) is 5.97 Å². The predicted molar refractivity (Wildman–Crippen MR) is 43.1 cm³/mol. The van der Waals surface area contributed by atoms with E-state index >= 15 is 0 Å². The summed E-state index contributed by atoms with van der Waals surface area (Å²) in [4.78, 5) is 10.8. The molecule has 0 bridgehead atoms. The van der Waals surface area contributed by atoms with Crippen LogP contribution in [0.4, 0.5) is 0 Å². The monoisotopic (exact) mass is 152 g/mol. The molecule has 0 saturated heterocycles. The zero-order valence-corrected chi connectivity index (χ0v) is 6.45. The van der Waals surface area contributed by atoms with Crippen molar-refractivity contribution in [1.82, 2.24) is 0 Å². The second-order valence-corrected chi connectivity index (χ2v) is 2.45. The van der Waals surface area contributed by atoms with Crippen LogP contribution in [0.2, 0.25) is 0 Å². The molecule has 2 nitrogen and oxygen atoms in total. The van der Waals surface area contributed by atoms with Gasteiger partial charge in [-0.3, -0.25) is 0 Å². The van der Waals surface area contributed by atoms with Crippen molar-refractivity contribution in [1.29, 1.82) is 0 Å². The van der Waals surface area contributed by atoms with Gasteiger partial charge in [-0.15, -0.1) is 0 Å². The molecule has 0 saturated carbocycles. The van der Waals surface area contributed by atoms with Crippen molar-refractivity contribution in [2.24, 2.45) is 0 Å². The second-order valence-electron chi connectivity index (χ2n) is 2.45. The van der Waals surface area contributed by atoms with Crippen LogP contribution >= 0.6 is 0 Å². The first-order valence-corrected chi connectivity index (χ1v) is 3.89. The van der Waals surface area contributed by atoms with E-state index in [2.05, 4.69) is 6.08 Å². The second kappa shape index (κ2) is 4.72. The fourth-order valence-electron chi connectivity index (χ4n) is 0.894. The SMILES string of the molecule is O=C1C=CC=CCCCCO1. The van der Waals surface area contributed by atoms with Gasteiger partial charge in [0.15, 0.2) is 0 Å². The number of ether oxygens (including phenoxy) is 1. The maximum Gasteiger partial charge on any atom is 0.330 e. The number of allylic oxidation sites excluding steroid dienone is 3. The highest BCUT2D eigenvalue weighted by atomic mass is 16.5. The van der Waals surface area contributed by atoms with Crippen molar-refractivity contribution in [2.45, 2.75) is 19.3 Å². The fraction of sp³-hybridized carbons (Fsp3) is 0.444. The van der Waals surface area contributed by atoms with Crippen LogP contribution in [-0.4, -0.2) is 12.6 Å². The minimum atomic E-state index is -0.239. The summed E-state index contributed by atoms with van der Waals surface area (Å²) >= 11 is 0. The molecule has 0 aromatic rings. The number of esters is 1. The maximum absolute atomic E-state index is 10.8. The molecule has 60 valence electrons. The van der Waals surface area contributed by atoms with E-state index in [1.165, 1.54) is 6.08 Å². The Labute approximate surface area is 66.5 Å². The van der Waals surface area contributed by atoms with Crippen molar-refractivity contribution < 1.29 is 9.53 Å². The first kappa shape index (κ1) is 8.05. The molecule has 0 unspecified atom stereocenters. The smallest absolute Gasteiger partial charge is 0.330 e. The summed E-state index contributed by atoms with van der Waals surface area (Å²) in [5.41, 5.74) is 0. The highest BCUT2D eigenvalue weighted by molar-refractivity contribution is 5.82. The van der Waals surface area contributed by atoms with Gasteiger partial charge in [-0.1, -0.05) is 18.2 Å². The van der Waals surface area contributed by atoms with Crippen LogP contribution in [0.15, 0.2) is 24.3 Å². The lowest BCUT2D eigenvalue weighted by molar-refractivity contribution is -0.137. The number of carbonyl (C=O) groups is 1. The molecule has 0 radical (unpaired) electrons. The Balaban J connectivity index is 2.44. The lowest BCUT2D eigenvalue weighted by atomic mass is 10.2. The summed E-state index contributed by atoms with van der Waals surface area (Å²) in [7, 11) is 0. The number of cyclic esters (lactones) is 1. The third-order valence-corrected chi connectivity index (χ3v) is 1.49. The lowest BCUT2D eigenvalue weighted by Crippen LogP contribution is -2.02. The summed E-state index contributed by atoms with van der Waals surface area (Å²) in [6.07, 6.45) is 10.2. The van der Waals surface area contributed by atoms with E-state index in [0.29, 0.717) is 6.61 Å². The average molecular weight is 152 g/mol. The topological polar surface area (TPSA) is 26.3 Å². The Hall–Kier alpha value is -1.05. The Kier molecular flexibility index (Phi) is 3.45. The van der Waals surface area contributed by atoms with Crippen LogP contribution < -0.4 is 0 Å². The van der Waals surface area contributed by atoms with Crippen molar-refractivity contribution in [3.8, 4) is 0 Å². The molecule has 0 atom stereocenters. The van der Waals surface area contributed by atoms with Crippen LogP contribution in [0.3, 0.4) is 0 Å². The van der Waals surface area contributed by atoms with Gasteiger partial charge in [-0.25, -0.2) is 4.79 Å². The van der Waals surface area contributed by atoms with Gasteiger partial charge < -0.3 is 4.74 Å². The van der Waals surface area contributed by atoms with E-state index < -0.39 is 0 Å². The van der Waals surface area contributed by atoms with E-state index in [1.807, 2.05) is 6.08 Å². The maximum atomic E-state index is 10.8. The predicted octanol–water partition coefficient (Wildman–Crippen LogP) is 1.83. The first-order chi connectivity index (χ1) is 5.39. The Morgan fingerprint density at radius 1 is 1.27 bits per heavy atom. The van der Waals surface area contributed by atoms with Gasteiger partial charge in [-0.2, -0.15) is 0 Å². The van der Waals surface area contributed by atoms with Gasteiger partial charge in [0.05, 0.1) is 6.61 Å². The average Bonchev–Trinajstić information content (AvgIpc) is 2.03. The highest BCUT2D eigenvalue weighted by Crippen LogP contribution is 1.99. The van der Waals surface area contributed by atoms with Crippen molar-refractivity contribution in [2.75, 3.05) is 6.61 Å². The number of hydrogen-bond acceptors (Lipinski definition) is 2. The van der Waals surface area contributed by atoms with Crippen molar-refractivity contribution in [3.05, 3.63) is 24.3 Å². The highest BCUT2D eigenvalue weighted by Gasteiger charge is 1.95. The summed E-state index contributed by atoms with van der Waals surface area (Å²) < 4.78 is 4.86. The number of rotatable bonds is 0. The molecule has 0 aliphatic carbocycles. The van der Waals surface area contributed by atoms with Gasteiger partial charge in [-0.05, 0) is 19.3 Å². The van der Waals surface area contributed by atoms with Crippen LogP contribution in [0.1, 0.15) is 19.3 Å². The first-order valence-electron chi connectivity index (χ1n) is 3.89. The molecule has 0 N–H and O–H groups in total. The largest absolute Gasteiger partial charge is 0.463 e. The number of hydrogen-bond donors (Lipinski definition) is 0. The van der Waals surface area contributed by atoms with Crippen LogP contribution in [-0.2, 0) is 9.53 Å². The molecular weight excluding hydrogens is 140 g/mol. The minimum Gasteiger partial charge on any atom is -0.463 e. The summed E-state index contributed by atoms with van der Waals surface area (Å²) in [5, 5.41) is 0. The molecule has 2 heteroatoms. The molecule has 0 aromatic heterocycles. The minimum absolute atomic E-state index is 0.239. The Morgan fingerprint density at radius 2 is 2.18 bits per heavy atom. The normalized spacial score (nSPS) is 19.5. The molecule has 11 heavy (non-hydrogen) atoms. The summed E-state index contributed by atoms with van der Waals surface area (Å²) in [5.74, 6) is -0.239. The standard InChI is InChI=1S/C9H12O2/c10-9-7-5-3-1-2-4-6-8-11-9/h1,3,5,7H,2,4,6,8H2.